The molecule has 0 fully saturated rings. The highest BCUT2D eigenvalue weighted by molar-refractivity contribution is 5.76. The second kappa shape index (κ2) is 8.58. The van der Waals surface area contributed by atoms with Crippen LogP contribution >= 0.6 is 0 Å². The predicted octanol–water partition coefficient (Wildman–Crippen LogP) is 0.904. The lowest BCUT2D eigenvalue weighted by molar-refractivity contribution is -0.120. The SMILES string of the molecule is C#CCNC(=O)CCNC(C)CCC. The Morgan fingerprint density at radius 1 is 1.57 bits per heavy atom. The van der Waals surface area contributed by atoms with E-state index in [4.69, 9.17) is 6.42 Å². The van der Waals surface area contributed by atoms with E-state index >= 15 is 0 Å². The van der Waals surface area contributed by atoms with Crippen LogP contribution in [-0.4, -0.2) is 25.0 Å². The van der Waals surface area contributed by atoms with Crippen molar-refractivity contribution < 1.29 is 4.79 Å². The summed E-state index contributed by atoms with van der Waals surface area (Å²) in [5.74, 6) is 2.38. The molecule has 0 aromatic heterocycles. The lowest BCUT2D eigenvalue weighted by Gasteiger charge is -2.11. The van der Waals surface area contributed by atoms with Crippen molar-refractivity contribution in [1.82, 2.24) is 10.6 Å². The van der Waals surface area contributed by atoms with Gasteiger partial charge in [0, 0.05) is 19.0 Å². The van der Waals surface area contributed by atoms with Crippen LogP contribution in [0.1, 0.15) is 33.1 Å². The molecule has 0 aromatic rings. The lowest BCUT2D eigenvalue weighted by Crippen LogP contribution is -2.32. The molecule has 0 radical (unpaired) electrons. The Morgan fingerprint density at radius 3 is 2.86 bits per heavy atom. The smallest absolute Gasteiger partial charge is 0.222 e. The van der Waals surface area contributed by atoms with Gasteiger partial charge in [-0.15, -0.1) is 6.42 Å². The van der Waals surface area contributed by atoms with E-state index in [0.29, 0.717) is 19.0 Å². The third-order valence-electron chi connectivity index (χ3n) is 1.95. The summed E-state index contributed by atoms with van der Waals surface area (Å²) in [4.78, 5) is 11.1. The summed E-state index contributed by atoms with van der Waals surface area (Å²) in [6.07, 6.45) is 7.82. The molecule has 1 atom stereocenters. The fraction of sp³-hybridized carbons (Fsp3) is 0.727. The van der Waals surface area contributed by atoms with Crippen LogP contribution in [-0.2, 0) is 4.79 Å². The molecule has 14 heavy (non-hydrogen) atoms. The fourth-order valence-corrected chi connectivity index (χ4v) is 1.21. The van der Waals surface area contributed by atoms with E-state index in [1.54, 1.807) is 0 Å². The zero-order valence-corrected chi connectivity index (χ0v) is 9.10. The Labute approximate surface area is 86.6 Å². The molecule has 3 nitrogen and oxygen atoms in total. The van der Waals surface area contributed by atoms with Crippen molar-refractivity contribution in [2.24, 2.45) is 0 Å². The Balaban J connectivity index is 3.35. The monoisotopic (exact) mass is 196 g/mol. The first-order valence-corrected chi connectivity index (χ1v) is 5.14. The van der Waals surface area contributed by atoms with Crippen molar-refractivity contribution in [2.75, 3.05) is 13.1 Å². The first kappa shape index (κ1) is 13.0. The van der Waals surface area contributed by atoms with Crippen molar-refractivity contribution in [3.05, 3.63) is 0 Å². The van der Waals surface area contributed by atoms with E-state index < -0.39 is 0 Å². The molecule has 0 spiro atoms. The fourth-order valence-electron chi connectivity index (χ4n) is 1.21. The minimum absolute atomic E-state index is 0.0131. The van der Waals surface area contributed by atoms with Crippen LogP contribution in [0.15, 0.2) is 0 Å². The largest absolute Gasteiger partial charge is 0.345 e. The number of hydrogen-bond acceptors (Lipinski definition) is 2. The number of hydrogen-bond donors (Lipinski definition) is 2. The number of terminal acetylenes is 1. The average molecular weight is 196 g/mol. The maximum Gasteiger partial charge on any atom is 0.222 e. The summed E-state index contributed by atoms with van der Waals surface area (Å²) in [5, 5.41) is 5.90. The van der Waals surface area contributed by atoms with Crippen LogP contribution in [0.2, 0.25) is 0 Å². The Hall–Kier alpha value is -1.01. The third-order valence-corrected chi connectivity index (χ3v) is 1.95. The molecule has 0 aliphatic carbocycles. The van der Waals surface area contributed by atoms with E-state index in [9.17, 15) is 4.79 Å². The van der Waals surface area contributed by atoms with Crippen molar-refractivity contribution in [3.63, 3.8) is 0 Å². The van der Waals surface area contributed by atoms with Gasteiger partial charge in [-0.25, -0.2) is 0 Å². The summed E-state index contributed by atoms with van der Waals surface area (Å²) in [5.41, 5.74) is 0. The Morgan fingerprint density at radius 2 is 2.29 bits per heavy atom. The molecular weight excluding hydrogens is 176 g/mol. The molecule has 0 heterocycles. The number of carbonyl (C=O) groups is 1. The first-order chi connectivity index (χ1) is 6.70. The normalized spacial score (nSPS) is 11.8. The number of carbonyl (C=O) groups excluding carboxylic acids is 1. The lowest BCUT2D eigenvalue weighted by atomic mass is 10.2. The van der Waals surface area contributed by atoms with Gasteiger partial charge >= 0.3 is 0 Å². The van der Waals surface area contributed by atoms with E-state index in [-0.39, 0.29) is 5.91 Å². The Kier molecular flexibility index (Phi) is 7.96. The summed E-state index contributed by atoms with van der Waals surface area (Å²) in [6.45, 7) is 5.32. The topological polar surface area (TPSA) is 41.1 Å². The number of rotatable bonds is 7. The van der Waals surface area contributed by atoms with Crippen LogP contribution in [0.3, 0.4) is 0 Å². The van der Waals surface area contributed by atoms with E-state index in [1.165, 1.54) is 0 Å². The van der Waals surface area contributed by atoms with Gasteiger partial charge in [0.15, 0.2) is 0 Å². The maximum absolute atomic E-state index is 11.1. The van der Waals surface area contributed by atoms with Gasteiger partial charge in [0.1, 0.15) is 0 Å². The van der Waals surface area contributed by atoms with Crippen LogP contribution in [0.25, 0.3) is 0 Å². The van der Waals surface area contributed by atoms with Crippen molar-refractivity contribution in [3.8, 4) is 12.3 Å². The second-order valence-corrected chi connectivity index (χ2v) is 3.37. The predicted molar refractivity (Wildman–Crippen MR) is 58.8 cm³/mol. The molecule has 0 bridgehead atoms. The van der Waals surface area contributed by atoms with Crippen LogP contribution in [0.5, 0.6) is 0 Å². The molecule has 0 aromatic carbocycles. The van der Waals surface area contributed by atoms with Crippen LogP contribution in [0, 0.1) is 12.3 Å². The summed E-state index contributed by atoms with van der Waals surface area (Å²) in [6, 6.07) is 0.487. The van der Waals surface area contributed by atoms with Gasteiger partial charge in [-0.3, -0.25) is 4.79 Å². The van der Waals surface area contributed by atoms with Gasteiger partial charge < -0.3 is 10.6 Å². The third kappa shape index (κ3) is 7.63. The standard InChI is InChI=1S/C11H20N2O/c1-4-6-10(3)12-9-7-11(14)13-8-5-2/h2,10,12H,4,6-9H2,1,3H3,(H,13,14). The van der Waals surface area contributed by atoms with E-state index in [2.05, 4.69) is 30.4 Å². The maximum atomic E-state index is 11.1. The second-order valence-electron chi connectivity index (χ2n) is 3.37. The molecule has 80 valence electrons. The minimum Gasteiger partial charge on any atom is -0.345 e. The molecule has 3 heteroatoms. The summed E-state index contributed by atoms with van der Waals surface area (Å²) < 4.78 is 0. The van der Waals surface area contributed by atoms with Gasteiger partial charge in [0.25, 0.3) is 0 Å². The van der Waals surface area contributed by atoms with Crippen molar-refractivity contribution in [2.45, 2.75) is 39.2 Å². The average Bonchev–Trinajstić information content (AvgIpc) is 2.15. The zero-order valence-electron chi connectivity index (χ0n) is 9.10. The molecule has 0 saturated heterocycles. The van der Waals surface area contributed by atoms with Crippen molar-refractivity contribution in [1.29, 1.82) is 0 Å². The van der Waals surface area contributed by atoms with E-state index in [0.717, 1.165) is 19.4 Å². The number of amides is 1. The van der Waals surface area contributed by atoms with Crippen LogP contribution in [0.4, 0.5) is 0 Å². The molecule has 1 amide bonds. The highest BCUT2D eigenvalue weighted by Gasteiger charge is 2.02. The van der Waals surface area contributed by atoms with Gasteiger partial charge in [-0.1, -0.05) is 19.3 Å². The quantitative estimate of drug-likeness (QED) is 0.594. The van der Waals surface area contributed by atoms with Gasteiger partial charge in [0.2, 0.25) is 5.91 Å². The summed E-state index contributed by atoms with van der Waals surface area (Å²) in [7, 11) is 0. The molecular formula is C11H20N2O. The van der Waals surface area contributed by atoms with Gasteiger partial charge in [-0.05, 0) is 13.3 Å². The first-order valence-electron chi connectivity index (χ1n) is 5.14. The zero-order chi connectivity index (χ0) is 10.8. The molecule has 0 aliphatic heterocycles. The molecule has 0 rings (SSSR count). The van der Waals surface area contributed by atoms with Gasteiger partial charge in [0.05, 0.1) is 6.54 Å². The molecule has 0 saturated carbocycles. The number of nitrogens with one attached hydrogen (secondary N) is 2. The van der Waals surface area contributed by atoms with Crippen molar-refractivity contribution >= 4 is 5.91 Å². The molecule has 2 N–H and O–H groups in total. The summed E-state index contributed by atoms with van der Waals surface area (Å²) >= 11 is 0. The van der Waals surface area contributed by atoms with Gasteiger partial charge in [-0.2, -0.15) is 0 Å². The highest BCUT2D eigenvalue weighted by Crippen LogP contribution is 1.94. The van der Waals surface area contributed by atoms with Crippen LogP contribution < -0.4 is 10.6 Å². The minimum atomic E-state index is 0.0131. The molecule has 1 unspecified atom stereocenters. The highest BCUT2D eigenvalue weighted by atomic mass is 16.1. The van der Waals surface area contributed by atoms with E-state index in [1.807, 2.05) is 0 Å². The Bertz CT molecular complexity index is 196. The molecule has 0 aliphatic rings.